The van der Waals surface area contributed by atoms with E-state index in [1.165, 1.54) is 47.3 Å². The Labute approximate surface area is 333 Å². The summed E-state index contributed by atoms with van der Waals surface area (Å²) in [7, 11) is 1.98. The predicted octanol–water partition coefficient (Wildman–Crippen LogP) is 5.02. The van der Waals surface area contributed by atoms with Crippen LogP contribution in [0.15, 0.2) is 67.3 Å². The maximum Gasteiger partial charge on any atom is 0.306 e. The molecule has 17 heteroatoms. The Bertz CT molecular complexity index is 1930. The fourth-order valence-electron chi connectivity index (χ4n) is 6.28. The quantitative estimate of drug-likeness (QED) is 0.102. The van der Waals surface area contributed by atoms with E-state index >= 15 is 4.39 Å². The zero-order valence-corrected chi connectivity index (χ0v) is 32.5. The highest BCUT2D eigenvalue weighted by Crippen LogP contribution is 2.42. The van der Waals surface area contributed by atoms with Crippen LogP contribution in [0.1, 0.15) is 49.3 Å². The van der Waals surface area contributed by atoms with Crippen LogP contribution in [0.2, 0.25) is 0 Å². The van der Waals surface area contributed by atoms with Crippen molar-refractivity contribution >= 4 is 35.7 Å². The van der Waals surface area contributed by atoms with Crippen molar-refractivity contribution in [2.75, 3.05) is 53.0 Å². The lowest BCUT2D eigenvalue weighted by atomic mass is 9.89. The first kappa shape index (κ1) is 43.1. The number of amides is 1. The highest BCUT2D eigenvalue weighted by molar-refractivity contribution is 8.00. The summed E-state index contributed by atoms with van der Waals surface area (Å²) in [5.74, 6) is -3.65. The average Bonchev–Trinajstić information content (AvgIpc) is 3.71. The van der Waals surface area contributed by atoms with Crippen molar-refractivity contribution in [1.82, 2.24) is 24.6 Å². The number of allylic oxidation sites excluding steroid dienone is 2. The molecule has 57 heavy (non-hydrogen) atoms. The van der Waals surface area contributed by atoms with Crippen LogP contribution in [0.3, 0.4) is 0 Å². The lowest BCUT2D eigenvalue weighted by molar-refractivity contribution is -0.164. The van der Waals surface area contributed by atoms with Crippen molar-refractivity contribution in [3.8, 4) is 6.07 Å². The molecular weight excluding hydrogens is 766 g/mol. The molecule has 2 aliphatic rings. The first-order valence-corrected chi connectivity index (χ1v) is 19.4. The summed E-state index contributed by atoms with van der Waals surface area (Å²) < 4.78 is 68.7. The van der Waals surface area contributed by atoms with Gasteiger partial charge >= 0.3 is 11.9 Å². The molecule has 1 amide bonds. The molecule has 0 saturated carbocycles. The molecule has 2 fully saturated rings. The number of benzene rings is 2. The predicted molar refractivity (Wildman–Crippen MR) is 203 cm³/mol. The third kappa shape index (κ3) is 12.5. The van der Waals surface area contributed by atoms with Crippen LogP contribution >= 0.6 is 11.8 Å². The van der Waals surface area contributed by atoms with Crippen molar-refractivity contribution in [1.29, 1.82) is 5.26 Å². The number of ether oxygens (including phenoxy) is 4. The van der Waals surface area contributed by atoms with Gasteiger partial charge in [0, 0.05) is 61.5 Å². The molecule has 13 nitrogen and oxygen atoms in total. The van der Waals surface area contributed by atoms with Crippen molar-refractivity contribution in [3.05, 3.63) is 101 Å². The molecule has 0 spiro atoms. The summed E-state index contributed by atoms with van der Waals surface area (Å²) in [6.45, 7) is 4.66. The molecule has 2 aliphatic heterocycles. The summed E-state index contributed by atoms with van der Waals surface area (Å²) in [5, 5.41) is 12.1. The van der Waals surface area contributed by atoms with Crippen LogP contribution in [0, 0.1) is 28.8 Å². The molecular formula is C40H45F3N6O7S. The molecule has 3 heterocycles. The molecule has 3 aromatic rings. The van der Waals surface area contributed by atoms with Gasteiger partial charge in [0.15, 0.2) is 11.9 Å². The molecule has 0 bridgehead atoms. The van der Waals surface area contributed by atoms with Crippen LogP contribution in [0.5, 0.6) is 0 Å². The average molecular weight is 811 g/mol. The number of rotatable bonds is 17. The van der Waals surface area contributed by atoms with Crippen molar-refractivity contribution in [2.24, 2.45) is 0 Å². The van der Waals surface area contributed by atoms with Gasteiger partial charge in [0.05, 0.1) is 49.7 Å². The third-order valence-corrected chi connectivity index (χ3v) is 10.9. The maximum absolute atomic E-state index is 15.7. The van der Waals surface area contributed by atoms with E-state index in [-0.39, 0.29) is 74.3 Å². The number of hydrogen-bond donors (Lipinski definition) is 0. The molecule has 2 saturated heterocycles. The summed E-state index contributed by atoms with van der Waals surface area (Å²) in [5.41, 5.74) is -1.27. The number of esters is 2. The van der Waals surface area contributed by atoms with E-state index in [1.807, 2.05) is 13.1 Å². The van der Waals surface area contributed by atoms with Gasteiger partial charge in [-0.25, -0.2) is 22.8 Å². The molecule has 304 valence electrons. The minimum atomic E-state index is -1.73. The topological polar surface area (TPSA) is 149 Å². The van der Waals surface area contributed by atoms with Gasteiger partial charge < -0.3 is 28.7 Å². The highest BCUT2D eigenvalue weighted by Gasteiger charge is 2.46. The minimum absolute atomic E-state index is 0.0310. The normalized spacial score (nSPS) is 19.3. The van der Waals surface area contributed by atoms with Crippen molar-refractivity contribution in [3.63, 3.8) is 0 Å². The maximum atomic E-state index is 15.7. The van der Waals surface area contributed by atoms with Crippen LogP contribution in [0.4, 0.5) is 13.2 Å². The van der Waals surface area contributed by atoms with E-state index in [2.05, 4.69) is 15.0 Å². The Hall–Kier alpha value is -5.02. The van der Waals surface area contributed by atoms with E-state index in [9.17, 15) is 23.2 Å². The van der Waals surface area contributed by atoms with Gasteiger partial charge in [-0.2, -0.15) is 10.4 Å². The molecule has 1 aromatic heterocycles. The van der Waals surface area contributed by atoms with Crippen LogP contribution < -0.4 is 0 Å². The summed E-state index contributed by atoms with van der Waals surface area (Å²) >= 11 is 1.33. The monoisotopic (exact) mass is 810 g/mol. The van der Waals surface area contributed by atoms with E-state index in [0.29, 0.717) is 18.7 Å². The van der Waals surface area contributed by atoms with Crippen LogP contribution in [-0.2, 0) is 45.5 Å². The summed E-state index contributed by atoms with van der Waals surface area (Å²) in [6, 6.07) is 9.12. The van der Waals surface area contributed by atoms with Gasteiger partial charge in [0.2, 0.25) is 5.91 Å². The van der Waals surface area contributed by atoms with E-state index in [0.717, 1.165) is 31.3 Å². The molecule has 0 aliphatic carbocycles. The molecule has 2 atom stereocenters. The molecule has 0 radical (unpaired) electrons. The Morgan fingerprint density at radius 1 is 1.02 bits per heavy atom. The third-order valence-electron chi connectivity index (χ3n) is 9.46. The fourth-order valence-corrected chi connectivity index (χ4v) is 7.64. The number of carbonyl (C=O) groups is 3. The number of halogens is 3. The van der Waals surface area contributed by atoms with Crippen LogP contribution in [-0.4, -0.2) is 112 Å². The number of nitriles is 1. The van der Waals surface area contributed by atoms with Gasteiger partial charge in [-0.05, 0) is 50.7 Å². The Kier molecular flexibility index (Phi) is 15.8. The van der Waals surface area contributed by atoms with E-state index < -0.39 is 46.5 Å². The zero-order chi connectivity index (χ0) is 40.8. The number of piperazine rings is 1. The van der Waals surface area contributed by atoms with Gasteiger partial charge in [-0.3, -0.25) is 14.4 Å². The Balaban J connectivity index is 1.19. The largest absolute Gasteiger partial charge is 0.466 e. The lowest BCUT2D eigenvalue weighted by Crippen LogP contribution is -2.47. The minimum Gasteiger partial charge on any atom is -0.466 e. The molecule has 2 aromatic carbocycles. The lowest BCUT2D eigenvalue weighted by Gasteiger charge is -2.40. The fraction of sp³-hybridized carbons (Fsp3) is 0.450. The standard InChI is InChI=1S/C40H45F3N6O7S/c1-28(57-32-23-54-39(55-24-32)8-4-3-6-30-10-9-29(22-44)20-34(30)42)40(25-49-27-45-26-46-49,33-12-11-31(41)21-35(33)43)56-38(52)7-5-19-53-37(51)14-13-36(50)48-17-15-47(2)16-18-48/h3-4,6,8-12,20-21,26-28,32,39H,5,7,13-19,23-25H2,1-2H3. The molecule has 5 rings (SSSR count). The second-order valence-electron chi connectivity index (χ2n) is 13.6. The van der Waals surface area contributed by atoms with Gasteiger partial charge in [-0.1, -0.05) is 24.3 Å². The molecule has 0 N–H and O–H groups in total. The number of nitrogens with zero attached hydrogens (tertiary/aromatic N) is 6. The first-order valence-electron chi connectivity index (χ1n) is 18.5. The highest BCUT2D eigenvalue weighted by atomic mass is 32.2. The second kappa shape index (κ2) is 20.9. The smallest absolute Gasteiger partial charge is 0.306 e. The zero-order valence-electron chi connectivity index (χ0n) is 31.7. The van der Waals surface area contributed by atoms with Gasteiger partial charge in [0.25, 0.3) is 0 Å². The SMILES string of the molecule is CC(SC1COC(C=CC=Cc2ccc(C#N)cc2F)OC1)C(Cn1cncn1)(OC(=O)CCCOC(=O)CCC(=O)N1CCN(C)CC1)c1ccc(F)cc1F. The Morgan fingerprint density at radius 3 is 2.47 bits per heavy atom. The Morgan fingerprint density at radius 2 is 1.79 bits per heavy atom. The molecule has 2 unspecified atom stereocenters. The van der Waals surface area contributed by atoms with Crippen molar-refractivity contribution in [2.45, 2.75) is 61.5 Å². The van der Waals surface area contributed by atoms with Gasteiger partial charge in [0.1, 0.15) is 30.1 Å². The van der Waals surface area contributed by atoms with E-state index in [4.69, 9.17) is 24.2 Å². The summed E-state index contributed by atoms with van der Waals surface area (Å²) in [4.78, 5) is 46.2. The number of aromatic nitrogens is 3. The number of likely N-dealkylation sites (N-methyl/N-ethyl adjacent to an activating group) is 1. The number of thioether (sulfide) groups is 1. The van der Waals surface area contributed by atoms with E-state index in [1.54, 1.807) is 36.1 Å². The number of hydrogen-bond acceptors (Lipinski definition) is 12. The van der Waals surface area contributed by atoms with Gasteiger partial charge in [-0.15, -0.1) is 11.8 Å². The first-order chi connectivity index (χ1) is 27.4. The second-order valence-corrected chi connectivity index (χ2v) is 15.3. The van der Waals surface area contributed by atoms with Crippen molar-refractivity contribution < 1.29 is 46.5 Å². The van der Waals surface area contributed by atoms with Crippen LogP contribution in [0.25, 0.3) is 6.08 Å². The number of carbonyl (C=O) groups excluding carboxylic acids is 3. The summed E-state index contributed by atoms with van der Waals surface area (Å²) in [6.07, 6.45) is 8.29.